The maximum atomic E-state index is 3.94. The Hall–Kier alpha value is -0.0400. The summed E-state index contributed by atoms with van der Waals surface area (Å²) < 4.78 is 0. The lowest BCUT2D eigenvalue weighted by atomic mass is 9.82. The first-order valence-electron chi connectivity index (χ1n) is 7.42. The molecular weight excluding hydrogens is 194 g/mol. The van der Waals surface area contributed by atoms with E-state index in [1.165, 1.54) is 51.4 Å². The van der Waals surface area contributed by atoms with E-state index in [1.807, 2.05) is 0 Å². The Balaban J connectivity index is 1.84. The molecule has 1 nitrogen and oxygen atoms in total. The van der Waals surface area contributed by atoms with Gasteiger partial charge in [0.15, 0.2) is 0 Å². The maximum Gasteiger partial charge on any atom is 0.00954 e. The summed E-state index contributed by atoms with van der Waals surface area (Å²) in [5, 5.41) is 3.94. The zero-order chi connectivity index (χ0) is 11.6. The van der Waals surface area contributed by atoms with Gasteiger partial charge in [0, 0.05) is 12.1 Å². The van der Waals surface area contributed by atoms with Crippen molar-refractivity contribution in [3.8, 4) is 0 Å². The molecule has 16 heavy (non-hydrogen) atoms. The first kappa shape index (κ1) is 12.4. The molecular formula is C15H29N. The lowest BCUT2D eigenvalue weighted by Crippen LogP contribution is -2.45. The van der Waals surface area contributed by atoms with E-state index in [1.54, 1.807) is 0 Å². The van der Waals surface area contributed by atoms with E-state index in [2.05, 4.69) is 26.1 Å². The highest BCUT2D eigenvalue weighted by molar-refractivity contribution is 4.98. The van der Waals surface area contributed by atoms with Crippen molar-refractivity contribution in [1.82, 2.24) is 5.32 Å². The number of hydrogen-bond donors (Lipinski definition) is 1. The quantitative estimate of drug-likeness (QED) is 0.739. The molecule has 1 N–H and O–H groups in total. The van der Waals surface area contributed by atoms with Crippen LogP contribution in [0.2, 0.25) is 0 Å². The maximum absolute atomic E-state index is 3.94. The van der Waals surface area contributed by atoms with Crippen LogP contribution < -0.4 is 5.32 Å². The Labute approximate surface area is 101 Å². The zero-order valence-corrected chi connectivity index (χ0v) is 11.4. The predicted molar refractivity (Wildman–Crippen MR) is 70.6 cm³/mol. The van der Waals surface area contributed by atoms with Gasteiger partial charge < -0.3 is 5.32 Å². The molecule has 0 aromatic rings. The Bertz CT molecular complexity index is 213. The lowest BCUT2D eigenvalue weighted by molar-refractivity contribution is 0.225. The topological polar surface area (TPSA) is 12.0 Å². The van der Waals surface area contributed by atoms with Crippen LogP contribution in [0.1, 0.15) is 72.1 Å². The van der Waals surface area contributed by atoms with Crippen LogP contribution in [0.15, 0.2) is 0 Å². The third-order valence-electron chi connectivity index (χ3n) is 5.21. The second-order valence-electron chi connectivity index (χ2n) is 6.46. The fourth-order valence-corrected chi connectivity index (χ4v) is 3.28. The van der Waals surface area contributed by atoms with Gasteiger partial charge in [-0.1, -0.05) is 33.1 Å². The Morgan fingerprint density at radius 2 is 1.81 bits per heavy atom. The van der Waals surface area contributed by atoms with Crippen LogP contribution in [-0.4, -0.2) is 12.1 Å². The molecule has 0 saturated heterocycles. The van der Waals surface area contributed by atoms with E-state index >= 15 is 0 Å². The van der Waals surface area contributed by atoms with Gasteiger partial charge in [0.1, 0.15) is 0 Å². The molecule has 2 aliphatic rings. The summed E-state index contributed by atoms with van der Waals surface area (Å²) in [5.74, 6) is 0.962. The van der Waals surface area contributed by atoms with Crippen LogP contribution in [0.25, 0.3) is 0 Å². The van der Waals surface area contributed by atoms with Crippen molar-refractivity contribution in [3.63, 3.8) is 0 Å². The molecule has 94 valence electrons. The van der Waals surface area contributed by atoms with Gasteiger partial charge in [0.25, 0.3) is 0 Å². The molecule has 2 saturated carbocycles. The highest BCUT2D eigenvalue weighted by Crippen LogP contribution is 2.48. The van der Waals surface area contributed by atoms with Crippen LogP contribution in [0.5, 0.6) is 0 Å². The molecule has 1 heteroatoms. The molecule has 0 heterocycles. The summed E-state index contributed by atoms with van der Waals surface area (Å²) in [5.41, 5.74) is 0.627. The second-order valence-corrected chi connectivity index (χ2v) is 6.46. The molecule has 0 amide bonds. The molecule has 2 unspecified atom stereocenters. The lowest BCUT2D eigenvalue weighted by Gasteiger charge is -2.34. The van der Waals surface area contributed by atoms with E-state index in [4.69, 9.17) is 0 Å². The predicted octanol–water partition coefficient (Wildman–Crippen LogP) is 4.12. The van der Waals surface area contributed by atoms with Crippen molar-refractivity contribution in [2.45, 2.75) is 84.2 Å². The number of hydrogen-bond acceptors (Lipinski definition) is 1. The van der Waals surface area contributed by atoms with E-state index in [-0.39, 0.29) is 0 Å². The highest BCUT2D eigenvalue weighted by Gasteiger charge is 2.43. The fraction of sp³-hybridized carbons (Fsp3) is 1.00. The smallest absolute Gasteiger partial charge is 0.00954 e. The van der Waals surface area contributed by atoms with E-state index < -0.39 is 0 Å². The average Bonchev–Trinajstić information content (AvgIpc) is 3.06. The Morgan fingerprint density at radius 1 is 1.19 bits per heavy atom. The largest absolute Gasteiger partial charge is 0.311 e. The standard InChI is InChI=1S/C15H29N/c1-4-14(13-8-6-5-7-9-13)16-12(2)15(3)10-11-15/h12-14,16H,4-11H2,1-3H3. The van der Waals surface area contributed by atoms with Crippen LogP contribution in [0.3, 0.4) is 0 Å². The molecule has 0 aromatic carbocycles. The molecule has 0 aliphatic heterocycles. The minimum atomic E-state index is 0.627. The van der Waals surface area contributed by atoms with Gasteiger partial charge in [-0.3, -0.25) is 0 Å². The van der Waals surface area contributed by atoms with Gasteiger partial charge in [0.2, 0.25) is 0 Å². The van der Waals surface area contributed by atoms with E-state index in [0.29, 0.717) is 5.41 Å². The summed E-state index contributed by atoms with van der Waals surface area (Å²) >= 11 is 0. The van der Waals surface area contributed by atoms with Gasteiger partial charge >= 0.3 is 0 Å². The van der Waals surface area contributed by atoms with Crippen molar-refractivity contribution >= 4 is 0 Å². The molecule has 2 fully saturated rings. The van der Waals surface area contributed by atoms with Crippen molar-refractivity contribution in [2.24, 2.45) is 11.3 Å². The SMILES string of the molecule is CCC(NC(C)C1(C)CC1)C1CCCCC1. The fourth-order valence-electron chi connectivity index (χ4n) is 3.28. The van der Waals surface area contributed by atoms with Gasteiger partial charge in [-0.25, -0.2) is 0 Å². The van der Waals surface area contributed by atoms with Crippen LogP contribution in [0, 0.1) is 11.3 Å². The highest BCUT2D eigenvalue weighted by atomic mass is 15.0. The van der Waals surface area contributed by atoms with Crippen molar-refractivity contribution < 1.29 is 0 Å². The average molecular weight is 223 g/mol. The van der Waals surface area contributed by atoms with E-state index in [9.17, 15) is 0 Å². The van der Waals surface area contributed by atoms with Gasteiger partial charge in [0.05, 0.1) is 0 Å². The van der Waals surface area contributed by atoms with Crippen LogP contribution in [-0.2, 0) is 0 Å². The zero-order valence-electron chi connectivity index (χ0n) is 11.4. The summed E-state index contributed by atoms with van der Waals surface area (Å²) in [6.07, 6.45) is 11.5. The first-order valence-corrected chi connectivity index (χ1v) is 7.42. The summed E-state index contributed by atoms with van der Waals surface area (Å²) in [7, 11) is 0. The molecule has 2 aliphatic carbocycles. The van der Waals surface area contributed by atoms with Crippen molar-refractivity contribution in [3.05, 3.63) is 0 Å². The summed E-state index contributed by atoms with van der Waals surface area (Å²) in [6, 6.07) is 1.51. The molecule has 0 spiro atoms. The van der Waals surface area contributed by atoms with Crippen LogP contribution >= 0.6 is 0 Å². The summed E-state index contributed by atoms with van der Waals surface area (Å²) in [4.78, 5) is 0. The number of nitrogens with one attached hydrogen (secondary N) is 1. The molecule has 0 radical (unpaired) electrons. The van der Waals surface area contributed by atoms with Crippen molar-refractivity contribution in [1.29, 1.82) is 0 Å². The van der Waals surface area contributed by atoms with Crippen LogP contribution in [0.4, 0.5) is 0 Å². The first-order chi connectivity index (χ1) is 7.65. The molecule has 2 atom stereocenters. The minimum Gasteiger partial charge on any atom is -0.311 e. The Morgan fingerprint density at radius 3 is 2.31 bits per heavy atom. The molecule has 2 rings (SSSR count). The molecule has 0 bridgehead atoms. The normalized spacial score (nSPS) is 28.7. The van der Waals surface area contributed by atoms with E-state index in [0.717, 1.165) is 18.0 Å². The third kappa shape index (κ3) is 2.80. The second kappa shape index (κ2) is 5.08. The molecule has 0 aromatic heterocycles. The monoisotopic (exact) mass is 223 g/mol. The third-order valence-corrected chi connectivity index (χ3v) is 5.21. The van der Waals surface area contributed by atoms with Gasteiger partial charge in [-0.15, -0.1) is 0 Å². The van der Waals surface area contributed by atoms with Crippen molar-refractivity contribution in [2.75, 3.05) is 0 Å². The minimum absolute atomic E-state index is 0.627. The van der Waals surface area contributed by atoms with Gasteiger partial charge in [-0.2, -0.15) is 0 Å². The summed E-state index contributed by atoms with van der Waals surface area (Å²) in [6.45, 7) is 7.20. The van der Waals surface area contributed by atoms with Gasteiger partial charge in [-0.05, 0) is 50.4 Å². The number of rotatable bonds is 5. The Kier molecular flexibility index (Phi) is 3.94.